The van der Waals surface area contributed by atoms with Crippen LogP contribution in [0.1, 0.15) is 6.92 Å². The second-order valence-electron chi connectivity index (χ2n) is 3.13. The predicted octanol–water partition coefficient (Wildman–Crippen LogP) is 1.90. The molecule has 0 amide bonds. The molecule has 3 N–H and O–H groups in total. The Kier molecular flexibility index (Phi) is 3.80. The molecule has 1 aromatic rings. The molecule has 4 nitrogen and oxygen atoms in total. The Morgan fingerprint density at radius 1 is 1.60 bits per heavy atom. The Labute approximate surface area is 93.4 Å². The fraction of sp³-hybridized carbons (Fsp3) is 0.300. The van der Waals surface area contributed by atoms with Crippen molar-refractivity contribution in [2.24, 2.45) is 0 Å². The lowest BCUT2D eigenvalue weighted by Gasteiger charge is -2.14. The minimum atomic E-state index is -0.448. The second kappa shape index (κ2) is 4.89. The zero-order valence-electron chi connectivity index (χ0n) is 8.58. The molecule has 0 aromatic heterocycles. The quantitative estimate of drug-likeness (QED) is 0.613. The number of carbonyl (C=O) groups is 1. The minimum Gasteiger partial charge on any atom is -0.467 e. The Morgan fingerprint density at radius 2 is 2.27 bits per heavy atom. The number of halogens is 1. The largest absolute Gasteiger partial charge is 0.467 e. The van der Waals surface area contributed by atoms with E-state index in [1.165, 1.54) is 7.11 Å². The van der Waals surface area contributed by atoms with E-state index in [9.17, 15) is 4.79 Å². The molecule has 1 aromatic carbocycles. The highest BCUT2D eigenvalue weighted by molar-refractivity contribution is 6.33. The summed E-state index contributed by atoms with van der Waals surface area (Å²) >= 11 is 5.93. The van der Waals surface area contributed by atoms with Crippen LogP contribution in [0.15, 0.2) is 18.2 Å². The monoisotopic (exact) mass is 228 g/mol. The summed E-state index contributed by atoms with van der Waals surface area (Å²) in [5.41, 5.74) is 6.78. The number of hydrogen-bond acceptors (Lipinski definition) is 4. The summed E-state index contributed by atoms with van der Waals surface area (Å²) in [6.45, 7) is 1.69. The van der Waals surface area contributed by atoms with Crippen LogP contribution in [0.2, 0.25) is 5.02 Å². The van der Waals surface area contributed by atoms with E-state index in [2.05, 4.69) is 10.1 Å². The van der Waals surface area contributed by atoms with Gasteiger partial charge in [-0.05, 0) is 25.1 Å². The molecule has 0 saturated heterocycles. The molecule has 1 unspecified atom stereocenters. The van der Waals surface area contributed by atoms with Gasteiger partial charge in [0.25, 0.3) is 0 Å². The molecule has 82 valence electrons. The fourth-order valence-electron chi connectivity index (χ4n) is 1.12. The van der Waals surface area contributed by atoms with Crippen molar-refractivity contribution in [1.82, 2.24) is 0 Å². The molecule has 0 radical (unpaired) electrons. The molecule has 15 heavy (non-hydrogen) atoms. The number of carbonyl (C=O) groups excluding carboxylic acids is 1. The molecule has 0 heterocycles. The number of anilines is 2. The third-order valence-corrected chi connectivity index (χ3v) is 2.23. The lowest BCUT2D eigenvalue weighted by molar-refractivity contribution is -0.141. The van der Waals surface area contributed by atoms with Crippen LogP contribution in [0.25, 0.3) is 0 Å². The van der Waals surface area contributed by atoms with Crippen LogP contribution in [0.3, 0.4) is 0 Å². The maximum atomic E-state index is 11.1. The zero-order valence-corrected chi connectivity index (χ0v) is 9.34. The van der Waals surface area contributed by atoms with E-state index in [1.54, 1.807) is 25.1 Å². The summed E-state index contributed by atoms with van der Waals surface area (Å²) in [5, 5.41) is 3.40. The van der Waals surface area contributed by atoms with E-state index >= 15 is 0 Å². The van der Waals surface area contributed by atoms with Crippen LogP contribution >= 0.6 is 11.6 Å². The Morgan fingerprint density at radius 3 is 2.80 bits per heavy atom. The van der Waals surface area contributed by atoms with Crippen molar-refractivity contribution < 1.29 is 9.53 Å². The van der Waals surface area contributed by atoms with E-state index in [1.807, 2.05) is 0 Å². The lowest BCUT2D eigenvalue weighted by atomic mass is 10.2. The maximum absolute atomic E-state index is 11.1. The van der Waals surface area contributed by atoms with Crippen molar-refractivity contribution in [2.45, 2.75) is 13.0 Å². The number of esters is 1. The van der Waals surface area contributed by atoms with Crippen LogP contribution in [-0.4, -0.2) is 19.1 Å². The van der Waals surface area contributed by atoms with Crippen molar-refractivity contribution >= 4 is 28.9 Å². The van der Waals surface area contributed by atoms with Gasteiger partial charge < -0.3 is 15.8 Å². The first-order valence-electron chi connectivity index (χ1n) is 4.44. The number of ether oxygens (including phenoxy) is 1. The third kappa shape index (κ3) is 3.02. The summed E-state index contributed by atoms with van der Waals surface area (Å²) in [6, 6.07) is 4.60. The van der Waals surface area contributed by atoms with Crippen molar-refractivity contribution in [3.63, 3.8) is 0 Å². The van der Waals surface area contributed by atoms with Crippen LogP contribution in [0, 0.1) is 0 Å². The Balaban J connectivity index is 2.76. The number of nitrogen functional groups attached to an aromatic ring is 1. The maximum Gasteiger partial charge on any atom is 0.327 e. The summed E-state index contributed by atoms with van der Waals surface area (Å²) in [4.78, 5) is 11.1. The molecule has 0 bridgehead atoms. The van der Waals surface area contributed by atoms with Gasteiger partial charge in [-0.2, -0.15) is 0 Å². The van der Waals surface area contributed by atoms with Crippen molar-refractivity contribution in [2.75, 3.05) is 18.2 Å². The smallest absolute Gasteiger partial charge is 0.327 e. The van der Waals surface area contributed by atoms with Crippen LogP contribution in [0.4, 0.5) is 11.4 Å². The van der Waals surface area contributed by atoms with Gasteiger partial charge >= 0.3 is 5.97 Å². The number of nitrogens with two attached hydrogens (primary N) is 1. The van der Waals surface area contributed by atoms with Crippen LogP contribution < -0.4 is 11.1 Å². The number of rotatable bonds is 3. The molecule has 5 heteroatoms. The molecule has 1 rings (SSSR count). The number of nitrogens with one attached hydrogen (secondary N) is 1. The minimum absolute atomic E-state index is 0.345. The van der Waals surface area contributed by atoms with E-state index < -0.39 is 6.04 Å². The van der Waals surface area contributed by atoms with Crippen LogP contribution in [0.5, 0.6) is 0 Å². The topological polar surface area (TPSA) is 64.3 Å². The fourth-order valence-corrected chi connectivity index (χ4v) is 1.36. The molecule has 0 fully saturated rings. The molecule has 1 atom stereocenters. The van der Waals surface area contributed by atoms with Crippen LogP contribution in [-0.2, 0) is 9.53 Å². The number of benzene rings is 1. The normalized spacial score (nSPS) is 11.9. The second-order valence-corrected chi connectivity index (χ2v) is 3.54. The Bertz CT molecular complexity index is 368. The average Bonchev–Trinajstić information content (AvgIpc) is 2.20. The summed E-state index contributed by atoms with van der Waals surface area (Å²) in [7, 11) is 1.34. The van der Waals surface area contributed by atoms with E-state index in [4.69, 9.17) is 17.3 Å². The van der Waals surface area contributed by atoms with E-state index in [0.717, 1.165) is 0 Å². The summed E-state index contributed by atoms with van der Waals surface area (Å²) < 4.78 is 4.58. The van der Waals surface area contributed by atoms with Crippen molar-refractivity contribution in [3.05, 3.63) is 23.2 Å². The van der Waals surface area contributed by atoms with Gasteiger partial charge in [0.1, 0.15) is 6.04 Å². The Hall–Kier alpha value is -1.42. The predicted molar refractivity (Wildman–Crippen MR) is 61.0 cm³/mol. The van der Waals surface area contributed by atoms with Gasteiger partial charge in [-0.25, -0.2) is 4.79 Å². The standard InChI is InChI=1S/C10H13ClN2O2/c1-6(10(14)15-2)13-9-4-3-7(12)5-8(9)11/h3-6,13H,12H2,1-2H3. The molecule has 0 aliphatic rings. The molecule has 0 spiro atoms. The summed E-state index contributed by atoms with van der Waals surface area (Å²) in [6.07, 6.45) is 0. The van der Waals surface area contributed by atoms with Gasteiger partial charge in [0.15, 0.2) is 0 Å². The number of hydrogen-bond donors (Lipinski definition) is 2. The van der Waals surface area contributed by atoms with Crippen molar-refractivity contribution in [1.29, 1.82) is 0 Å². The first kappa shape index (κ1) is 11.7. The highest BCUT2D eigenvalue weighted by atomic mass is 35.5. The molecular weight excluding hydrogens is 216 g/mol. The first-order valence-corrected chi connectivity index (χ1v) is 4.81. The zero-order chi connectivity index (χ0) is 11.4. The first-order chi connectivity index (χ1) is 7.04. The lowest BCUT2D eigenvalue weighted by Crippen LogP contribution is -2.27. The average molecular weight is 229 g/mol. The van der Waals surface area contributed by atoms with E-state index in [0.29, 0.717) is 16.4 Å². The van der Waals surface area contributed by atoms with Gasteiger partial charge in [0, 0.05) is 5.69 Å². The van der Waals surface area contributed by atoms with Gasteiger partial charge in [0.2, 0.25) is 0 Å². The third-order valence-electron chi connectivity index (χ3n) is 1.92. The molecule has 0 aliphatic carbocycles. The SMILES string of the molecule is COC(=O)C(C)Nc1ccc(N)cc1Cl. The highest BCUT2D eigenvalue weighted by Crippen LogP contribution is 2.24. The molecule has 0 aliphatic heterocycles. The van der Waals surface area contributed by atoms with Gasteiger partial charge in [-0.1, -0.05) is 11.6 Å². The molecular formula is C10H13ClN2O2. The van der Waals surface area contributed by atoms with Gasteiger partial charge in [0.05, 0.1) is 17.8 Å². The van der Waals surface area contributed by atoms with Crippen molar-refractivity contribution in [3.8, 4) is 0 Å². The highest BCUT2D eigenvalue weighted by Gasteiger charge is 2.13. The van der Waals surface area contributed by atoms with E-state index in [-0.39, 0.29) is 5.97 Å². The summed E-state index contributed by atoms with van der Waals surface area (Å²) in [5.74, 6) is -0.345. The molecule has 0 saturated carbocycles. The van der Waals surface area contributed by atoms with Gasteiger partial charge in [-0.15, -0.1) is 0 Å². The van der Waals surface area contributed by atoms with Gasteiger partial charge in [-0.3, -0.25) is 0 Å². The number of methoxy groups -OCH3 is 1.